The van der Waals surface area contributed by atoms with E-state index in [0.717, 1.165) is 0 Å². The predicted molar refractivity (Wildman–Crippen MR) is 65.5 cm³/mol. The summed E-state index contributed by atoms with van der Waals surface area (Å²) in [6, 6.07) is 0. The van der Waals surface area contributed by atoms with Crippen molar-refractivity contribution in [2.45, 2.75) is 20.3 Å². The number of hydrogen-bond donors (Lipinski definition) is 2. The summed E-state index contributed by atoms with van der Waals surface area (Å²) in [7, 11) is 0. The van der Waals surface area contributed by atoms with Gasteiger partial charge in [-0.3, -0.25) is 10.9 Å². The van der Waals surface area contributed by atoms with Gasteiger partial charge in [0.1, 0.15) is 0 Å². The standard InChI is InChI=1S/C9H10O4.C3H5.BrH.Mg/c1-9(8(12)13)4-2-3-6(5-9)7(10)11;1-3-2;;/h2-4H,5H2,1H3,(H,10,11)(H,12,13);1,3H,2H3;1H;/q;-1;;+2/p-1. The summed E-state index contributed by atoms with van der Waals surface area (Å²) in [6.45, 7) is 8.00. The number of carboxylic acid groups (broad SMARTS) is 2. The topological polar surface area (TPSA) is 74.6 Å². The minimum absolute atomic E-state index is 0. The van der Waals surface area contributed by atoms with E-state index in [9.17, 15) is 9.59 Å². The van der Waals surface area contributed by atoms with Crippen molar-refractivity contribution in [3.05, 3.63) is 36.5 Å². The molecule has 0 amide bonds. The molecule has 0 aromatic heterocycles. The van der Waals surface area contributed by atoms with Gasteiger partial charge in [0.25, 0.3) is 0 Å². The molecule has 96 valence electrons. The normalized spacial score (nSPS) is 20.0. The van der Waals surface area contributed by atoms with Crippen LogP contribution in [0.25, 0.3) is 0 Å². The van der Waals surface area contributed by atoms with Gasteiger partial charge in [-0.05, 0) is 13.3 Å². The fraction of sp³-hybridized carbons (Fsp3) is 0.333. The van der Waals surface area contributed by atoms with Crippen LogP contribution in [0.5, 0.6) is 0 Å². The molecule has 0 saturated carbocycles. The molecule has 1 atom stereocenters. The molecule has 0 fully saturated rings. The average molecular weight is 327 g/mol. The van der Waals surface area contributed by atoms with Gasteiger partial charge in [0.15, 0.2) is 0 Å². The predicted octanol–water partition coefficient (Wildman–Crippen LogP) is -1.33. The van der Waals surface area contributed by atoms with E-state index >= 15 is 0 Å². The third-order valence-corrected chi connectivity index (χ3v) is 2.08. The summed E-state index contributed by atoms with van der Waals surface area (Å²) in [5.74, 6) is -2.06. The van der Waals surface area contributed by atoms with E-state index in [4.69, 9.17) is 16.8 Å². The Hall–Kier alpha value is -0.594. The second-order valence-electron chi connectivity index (χ2n) is 3.59. The van der Waals surface area contributed by atoms with Gasteiger partial charge < -0.3 is 33.8 Å². The zero-order valence-electron chi connectivity index (χ0n) is 10.4. The van der Waals surface area contributed by atoms with E-state index in [1.165, 1.54) is 31.2 Å². The van der Waals surface area contributed by atoms with Crippen molar-refractivity contribution in [3.8, 4) is 0 Å². The van der Waals surface area contributed by atoms with Crippen molar-refractivity contribution in [3.63, 3.8) is 0 Å². The van der Waals surface area contributed by atoms with Crippen molar-refractivity contribution >= 4 is 35.0 Å². The summed E-state index contributed by atoms with van der Waals surface area (Å²) < 4.78 is 0. The fourth-order valence-corrected chi connectivity index (χ4v) is 1.18. The van der Waals surface area contributed by atoms with Crippen molar-refractivity contribution in [2.75, 3.05) is 0 Å². The zero-order valence-corrected chi connectivity index (χ0v) is 13.4. The van der Waals surface area contributed by atoms with E-state index in [1.807, 2.05) is 0 Å². The van der Waals surface area contributed by atoms with Crippen LogP contribution >= 0.6 is 0 Å². The van der Waals surface area contributed by atoms with E-state index < -0.39 is 17.4 Å². The van der Waals surface area contributed by atoms with Crippen LogP contribution in [-0.4, -0.2) is 45.2 Å². The maximum atomic E-state index is 10.8. The SMILES string of the molecule is CC1(C(=O)O)C=CC=C(C(=O)O)C1.[Br-].[CH-]=CC.[Mg+2]. The van der Waals surface area contributed by atoms with Gasteiger partial charge in [-0.1, -0.05) is 25.2 Å². The first-order chi connectivity index (χ1) is 7.37. The molecule has 0 heterocycles. The minimum atomic E-state index is -1.08. The van der Waals surface area contributed by atoms with Crippen LogP contribution in [0.1, 0.15) is 20.3 Å². The van der Waals surface area contributed by atoms with Gasteiger partial charge in [0, 0.05) is 5.57 Å². The van der Waals surface area contributed by atoms with Gasteiger partial charge in [0.2, 0.25) is 0 Å². The Morgan fingerprint density at radius 3 is 2.22 bits per heavy atom. The van der Waals surface area contributed by atoms with Crippen LogP contribution in [0.15, 0.2) is 29.9 Å². The number of carboxylic acids is 2. The second-order valence-corrected chi connectivity index (χ2v) is 3.59. The molecular weight excluding hydrogens is 312 g/mol. The van der Waals surface area contributed by atoms with Crippen molar-refractivity contribution < 1.29 is 36.8 Å². The smallest absolute Gasteiger partial charge is 1.00 e. The number of carbonyl (C=O) groups is 2. The first kappa shape index (κ1) is 22.6. The zero-order chi connectivity index (χ0) is 12.8. The Labute approximate surface area is 133 Å². The first-order valence-corrected chi connectivity index (χ1v) is 4.72. The molecule has 0 aromatic carbocycles. The molecule has 0 saturated heterocycles. The van der Waals surface area contributed by atoms with Crippen molar-refractivity contribution in [2.24, 2.45) is 5.41 Å². The van der Waals surface area contributed by atoms with Crippen LogP contribution in [-0.2, 0) is 9.59 Å². The van der Waals surface area contributed by atoms with E-state index in [-0.39, 0.29) is 52.0 Å². The Kier molecular flexibility index (Phi) is 13.0. The van der Waals surface area contributed by atoms with Crippen molar-refractivity contribution in [1.29, 1.82) is 0 Å². The van der Waals surface area contributed by atoms with Gasteiger partial charge in [-0.2, -0.15) is 0 Å². The van der Waals surface area contributed by atoms with E-state index in [2.05, 4.69) is 0 Å². The van der Waals surface area contributed by atoms with Gasteiger partial charge in [-0.25, -0.2) is 4.79 Å². The number of hydrogen-bond acceptors (Lipinski definition) is 2. The van der Waals surface area contributed by atoms with Crippen LogP contribution in [0, 0.1) is 12.0 Å². The summed E-state index contributed by atoms with van der Waals surface area (Å²) in [5, 5.41) is 17.5. The summed E-state index contributed by atoms with van der Waals surface area (Å²) in [5.41, 5.74) is -0.949. The first-order valence-electron chi connectivity index (χ1n) is 4.72. The third kappa shape index (κ3) is 6.98. The molecule has 6 heteroatoms. The Bertz CT molecular complexity index is 363. The Balaban J connectivity index is -0.000000410. The Morgan fingerprint density at radius 1 is 1.44 bits per heavy atom. The summed E-state index contributed by atoms with van der Waals surface area (Å²) in [6.07, 6.45) is 5.93. The van der Waals surface area contributed by atoms with Gasteiger partial charge >= 0.3 is 35.0 Å². The molecule has 18 heavy (non-hydrogen) atoms. The second kappa shape index (κ2) is 10.3. The Morgan fingerprint density at radius 2 is 1.89 bits per heavy atom. The number of halogens is 1. The molecule has 2 N–H and O–H groups in total. The van der Waals surface area contributed by atoms with Gasteiger partial charge in [-0.15, -0.1) is 0 Å². The molecular formula is C12H15BrMgO4. The summed E-state index contributed by atoms with van der Waals surface area (Å²) >= 11 is 0. The fourth-order valence-electron chi connectivity index (χ4n) is 1.18. The molecule has 1 unspecified atom stereocenters. The molecule has 4 nitrogen and oxygen atoms in total. The van der Waals surface area contributed by atoms with Crippen LogP contribution in [0.2, 0.25) is 0 Å². The summed E-state index contributed by atoms with van der Waals surface area (Å²) in [4.78, 5) is 21.3. The number of aliphatic carboxylic acids is 2. The average Bonchev–Trinajstić information content (AvgIpc) is 2.18. The molecule has 1 aliphatic carbocycles. The number of rotatable bonds is 2. The molecule has 1 aliphatic rings. The van der Waals surface area contributed by atoms with Crippen LogP contribution in [0.4, 0.5) is 0 Å². The minimum Gasteiger partial charge on any atom is -1.00 e. The molecule has 0 aliphatic heterocycles. The van der Waals surface area contributed by atoms with Gasteiger partial charge in [0.05, 0.1) is 5.41 Å². The maximum absolute atomic E-state index is 10.8. The van der Waals surface area contributed by atoms with E-state index in [1.54, 1.807) is 6.92 Å². The van der Waals surface area contributed by atoms with Crippen molar-refractivity contribution in [1.82, 2.24) is 0 Å². The molecule has 0 bridgehead atoms. The largest absolute Gasteiger partial charge is 2.00 e. The van der Waals surface area contributed by atoms with Crippen LogP contribution < -0.4 is 17.0 Å². The number of allylic oxidation sites excluding steroid dienone is 3. The monoisotopic (exact) mass is 326 g/mol. The molecule has 0 radical (unpaired) electrons. The quantitative estimate of drug-likeness (QED) is 0.487. The maximum Gasteiger partial charge on any atom is 2.00 e. The third-order valence-electron chi connectivity index (χ3n) is 2.08. The van der Waals surface area contributed by atoms with Crippen LogP contribution in [0.3, 0.4) is 0 Å². The van der Waals surface area contributed by atoms with E-state index in [0.29, 0.717) is 0 Å². The molecule has 1 rings (SSSR count). The molecule has 0 spiro atoms. The molecule has 0 aromatic rings.